The van der Waals surface area contributed by atoms with Crippen molar-refractivity contribution in [2.45, 2.75) is 6.92 Å². The molecule has 3 aromatic rings. The molecule has 0 radical (unpaired) electrons. The third-order valence-electron chi connectivity index (χ3n) is 3.96. The quantitative estimate of drug-likeness (QED) is 0.491. The number of thiazole rings is 1. The van der Waals surface area contributed by atoms with Crippen LogP contribution in [-0.4, -0.2) is 25.1 Å². The van der Waals surface area contributed by atoms with E-state index in [1.54, 1.807) is 26.4 Å². The van der Waals surface area contributed by atoms with Crippen molar-refractivity contribution in [3.05, 3.63) is 63.5 Å². The van der Waals surface area contributed by atoms with Gasteiger partial charge in [-0.25, -0.2) is 4.98 Å². The minimum absolute atomic E-state index is 0.254. The first-order valence-corrected chi connectivity index (χ1v) is 10.1. The van der Waals surface area contributed by atoms with Gasteiger partial charge >= 0.3 is 0 Å². The van der Waals surface area contributed by atoms with Crippen molar-refractivity contribution in [2.75, 3.05) is 19.5 Å². The summed E-state index contributed by atoms with van der Waals surface area (Å²) in [6, 6.07) is 11.8. The molecule has 0 spiro atoms. The highest BCUT2D eigenvalue weighted by atomic mass is 79.9. The molecule has 1 amide bonds. The number of hydrogen-bond donors (Lipinski definition) is 1. The second kappa shape index (κ2) is 9.03. The van der Waals surface area contributed by atoms with Crippen LogP contribution < -0.4 is 14.8 Å². The smallest absolute Gasteiger partial charge is 0.250 e. The van der Waals surface area contributed by atoms with Crippen LogP contribution in [0.4, 0.5) is 5.13 Å². The lowest BCUT2D eigenvalue weighted by Gasteiger charge is -2.10. The first kappa shape index (κ1) is 20.1. The first-order chi connectivity index (χ1) is 13.5. The number of hydrogen-bond acceptors (Lipinski definition) is 5. The van der Waals surface area contributed by atoms with Gasteiger partial charge in [-0.3, -0.25) is 10.1 Å². The number of anilines is 1. The molecule has 0 aliphatic carbocycles. The van der Waals surface area contributed by atoms with E-state index in [1.807, 2.05) is 42.6 Å². The summed E-state index contributed by atoms with van der Waals surface area (Å²) < 4.78 is 11.4. The molecular weight excluding hydrogens is 440 g/mol. The van der Waals surface area contributed by atoms with Gasteiger partial charge in [0.1, 0.15) is 0 Å². The van der Waals surface area contributed by atoms with Crippen LogP contribution in [0, 0.1) is 6.92 Å². The molecule has 0 bridgehead atoms. The predicted octanol–water partition coefficient (Wildman–Crippen LogP) is 5.55. The van der Waals surface area contributed by atoms with Crippen molar-refractivity contribution < 1.29 is 14.3 Å². The fraction of sp³-hybridized carbons (Fsp3) is 0.143. The van der Waals surface area contributed by atoms with Gasteiger partial charge in [0.25, 0.3) is 0 Å². The Morgan fingerprint density at radius 2 is 1.93 bits per heavy atom. The van der Waals surface area contributed by atoms with E-state index in [0.717, 1.165) is 21.3 Å². The minimum atomic E-state index is -0.254. The van der Waals surface area contributed by atoms with Crippen molar-refractivity contribution in [1.82, 2.24) is 4.98 Å². The maximum atomic E-state index is 12.2. The maximum Gasteiger partial charge on any atom is 0.250 e. The number of aryl methyl sites for hydroxylation is 1. The van der Waals surface area contributed by atoms with Gasteiger partial charge in [-0.05, 0) is 46.6 Å². The largest absolute Gasteiger partial charge is 0.493 e. The number of nitrogens with one attached hydrogen (secondary N) is 1. The first-order valence-electron chi connectivity index (χ1n) is 8.43. The van der Waals surface area contributed by atoms with Crippen molar-refractivity contribution in [2.24, 2.45) is 0 Å². The summed E-state index contributed by atoms with van der Waals surface area (Å²) in [6.07, 6.45) is 3.16. The Hall–Kier alpha value is -2.64. The SMILES string of the molecule is COc1cc(/C=C/C(=O)Nc2nc(-c3ccc(C)cc3)cs2)cc(Br)c1OC. The molecule has 7 heteroatoms. The molecule has 0 atom stereocenters. The van der Waals surface area contributed by atoms with Gasteiger partial charge < -0.3 is 9.47 Å². The van der Waals surface area contributed by atoms with Crippen molar-refractivity contribution in [3.8, 4) is 22.8 Å². The zero-order valence-corrected chi connectivity index (χ0v) is 18.1. The van der Waals surface area contributed by atoms with Crippen LogP contribution in [0.15, 0.2) is 52.3 Å². The highest BCUT2D eigenvalue weighted by molar-refractivity contribution is 9.10. The topological polar surface area (TPSA) is 60.5 Å². The van der Waals surface area contributed by atoms with Crippen LogP contribution in [0.25, 0.3) is 17.3 Å². The molecule has 0 saturated heterocycles. The number of halogens is 1. The van der Waals surface area contributed by atoms with E-state index < -0.39 is 0 Å². The normalized spacial score (nSPS) is 10.9. The van der Waals surface area contributed by atoms with E-state index in [1.165, 1.54) is 23.0 Å². The minimum Gasteiger partial charge on any atom is -0.493 e. The van der Waals surface area contributed by atoms with Gasteiger partial charge in [-0.15, -0.1) is 11.3 Å². The highest BCUT2D eigenvalue weighted by Crippen LogP contribution is 2.36. The number of aromatic nitrogens is 1. The number of carbonyl (C=O) groups is 1. The Morgan fingerprint density at radius 1 is 1.18 bits per heavy atom. The van der Waals surface area contributed by atoms with E-state index in [9.17, 15) is 4.79 Å². The number of carbonyl (C=O) groups excluding carboxylic acids is 1. The molecule has 0 aliphatic rings. The summed E-state index contributed by atoms with van der Waals surface area (Å²) in [6.45, 7) is 2.04. The van der Waals surface area contributed by atoms with Gasteiger partial charge in [0, 0.05) is 17.0 Å². The van der Waals surface area contributed by atoms with Crippen LogP contribution in [0.2, 0.25) is 0 Å². The van der Waals surface area contributed by atoms with Crippen LogP contribution in [-0.2, 0) is 4.79 Å². The van der Waals surface area contributed by atoms with Crippen LogP contribution >= 0.6 is 27.3 Å². The average Bonchev–Trinajstić information content (AvgIpc) is 3.14. The molecule has 1 N–H and O–H groups in total. The zero-order valence-electron chi connectivity index (χ0n) is 15.7. The second-order valence-electron chi connectivity index (χ2n) is 5.96. The molecule has 0 fully saturated rings. The molecule has 5 nitrogen and oxygen atoms in total. The highest BCUT2D eigenvalue weighted by Gasteiger charge is 2.10. The summed E-state index contributed by atoms with van der Waals surface area (Å²) in [5.74, 6) is 0.936. The number of benzene rings is 2. The van der Waals surface area contributed by atoms with Crippen molar-refractivity contribution in [3.63, 3.8) is 0 Å². The van der Waals surface area contributed by atoms with E-state index in [-0.39, 0.29) is 5.91 Å². The Kier molecular flexibility index (Phi) is 6.49. The lowest BCUT2D eigenvalue weighted by atomic mass is 10.1. The monoisotopic (exact) mass is 458 g/mol. The summed E-state index contributed by atoms with van der Waals surface area (Å²) >= 11 is 4.83. The molecule has 144 valence electrons. The van der Waals surface area contributed by atoms with Crippen molar-refractivity contribution >= 4 is 44.4 Å². The third-order valence-corrected chi connectivity index (χ3v) is 5.31. The average molecular weight is 459 g/mol. The number of methoxy groups -OCH3 is 2. The Labute approximate surface area is 176 Å². The van der Waals surface area contributed by atoms with Gasteiger partial charge in [0.05, 0.1) is 24.4 Å². The number of amides is 1. The van der Waals surface area contributed by atoms with Crippen LogP contribution in [0.5, 0.6) is 11.5 Å². The molecule has 2 aromatic carbocycles. The zero-order chi connectivity index (χ0) is 20.1. The van der Waals surface area contributed by atoms with Gasteiger partial charge in [-0.1, -0.05) is 29.8 Å². The summed E-state index contributed by atoms with van der Waals surface area (Å²) in [7, 11) is 3.14. The molecular formula is C21H19BrN2O3S. The molecule has 1 aromatic heterocycles. The molecule has 28 heavy (non-hydrogen) atoms. The molecule has 0 unspecified atom stereocenters. The summed E-state index contributed by atoms with van der Waals surface area (Å²) in [4.78, 5) is 16.7. The summed E-state index contributed by atoms with van der Waals surface area (Å²) in [5, 5.41) is 5.27. The third kappa shape index (κ3) is 4.79. The van der Waals surface area contributed by atoms with E-state index >= 15 is 0 Å². The Balaban J connectivity index is 1.69. The van der Waals surface area contributed by atoms with Crippen LogP contribution in [0.3, 0.4) is 0 Å². The fourth-order valence-corrected chi connectivity index (χ4v) is 3.89. The number of nitrogens with zero attached hydrogens (tertiary/aromatic N) is 1. The van der Waals surface area contributed by atoms with E-state index in [4.69, 9.17) is 9.47 Å². The maximum absolute atomic E-state index is 12.2. The van der Waals surface area contributed by atoms with Crippen LogP contribution in [0.1, 0.15) is 11.1 Å². The van der Waals surface area contributed by atoms with Gasteiger partial charge in [0.15, 0.2) is 16.6 Å². The predicted molar refractivity (Wildman–Crippen MR) is 117 cm³/mol. The fourth-order valence-electron chi connectivity index (χ4n) is 2.54. The standard InChI is InChI=1S/C21H19BrN2O3S/c1-13-4-7-15(8-5-13)17-12-28-21(23-17)24-19(25)9-6-14-10-16(22)20(27-3)18(11-14)26-2/h4-12H,1-3H3,(H,23,24,25)/b9-6+. The van der Waals surface area contributed by atoms with E-state index in [0.29, 0.717) is 16.6 Å². The Morgan fingerprint density at radius 3 is 2.61 bits per heavy atom. The molecule has 1 heterocycles. The van der Waals surface area contributed by atoms with E-state index in [2.05, 4.69) is 26.2 Å². The second-order valence-corrected chi connectivity index (χ2v) is 7.68. The summed E-state index contributed by atoms with van der Waals surface area (Å²) in [5.41, 5.74) is 3.86. The molecule has 0 aliphatic heterocycles. The molecule has 0 saturated carbocycles. The molecule has 3 rings (SSSR count). The number of rotatable bonds is 6. The lowest BCUT2D eigenvalue weighted by molar-refractivity contribution is -0.111. The van der Waals surface area contributed by atoms with Gasteiger partial charge in [-0.2, -0.15) is 0 Å². The van der Waals surface area contributed by atoms with Gasteiger partial charge in [0.2, 0.25) is 5.91 Å². The lowest BCUT2D eigenvalue weighted by Crippen LogP contribution is -2.07. The number of ether oxygens (including phenoxy) is 2. The van der Waals surface area contributed by atoms with Crippen molar-refractivity contribution in [1.29, 1.82) is 0 Å². The Bertz CT molecular complexity index is 1010.